The number of benzene rings is 1. The van der Waals surface area contributed by atoms with E-state index < -0.39 is 5.97 Å². The Balaban J connectivity index is 2.07. The number of rotatable bonds is 7. The molecule has 2 rings (SSSR count). The van der Waals surface area contributed by atoms with Crippen LogP contribution < -0.4 is 0 Å². The first kappa shape index (κ1) is 15.6. The third kappa shape index (κ3) is 4.61. The zero-order chi connectivity index (χ0) is 15.2. The molecule has 0 saturated heterocycles. The summed E-state index contributed by atoms with van der Waals surface area (Å²) in [4.78, 5) is 17.2. The molecule has 0 aliphatic carbocycles. The monoisotopic (exact) mass is 308 g/mol. The third-order valence-corrected chi connectivity index (χ3v) is 3.87. The highest BCUT2D eigenvalue weighted by molar-refractivity contribution is 7.13. The van der Waals surface area contributed by atoms with Crippen LogP contribution in [-0.2, 0) is 11.3 Å². The van der Waals surface area contributed by atoms with Crippen molar-refractivity contribution in [1.29, 1.82) is 0 Å². The summed E-state index contributed by atoms with van der Waals surface area (Å²) in [5.41, 5.74) is 1.71. The lowest BCUT2D eigenvalue weighted by Crippen LogP contribution is -2.30. The van der Waals surface area contributed by atoms with Crippen LogP contribution in [0, 0.1) is 5.82 Å². The average Bonchev–Trinajstić information content (AvgIpc) is 2.87. The first-order valence-electron chi connectivity index (χ1n) is 6.73. The lowest BCUT2D eigenvalue weighted by atomic mass is 10.2. The molecule has 6 heteroatoms. The SMILES string of the molecule is CCCN(CC(=O)O)Cc1csc(-c2ccc(F)cc2)n1. The van der Waals surface area contributed by atoms with E-state index in [9.17, 15) is 9.18 Å². The zero-order valence-electron chi connectivity index (χ0n) is 11.8. The van der Waals surface area contributed by atoms with E-state index in [0.717, 1.165) is 29.2 Å². The van der Waals surface area contributed by atoms with Crippen LogP contribution in [0.25, 0.3) is 10.6 Å². The van der Waals surface area contributed by atoms with Crippen LogP contribution in [0.3, 0.4) is 0 Å². The lowest BCUT2D eigenvalue weighted by Gasteiger charge is -2.17. The van der Waals surface area contributed by atoms with Gasteiger partial charge in [-0.15, -0.1) is 11.3 Å². The highest BCUT2D eigenvalue weighted by Crippen LogP contribution is 2.24. The van der Waals surface area contributed by atoms with Gasteiger partial charge >= 0.3 is 5.97 Å². The summed E-state index contributed by atoms with van der Waals surface area (Å²) < 4.78 is 12.9. The van der Waals surface area contributed by atoms with Gasteiger partial charge < -0.3 is 5.11 Å². The molecule has 0 unspecified atom stereocenters. The van der Waals surface area contributed by atoms with E-state index in [1.54, 1.807) is 12.1 Å². The maximum absolute atomic E-state index is 12.9. The Hall–Kier alpha value is -1.79. The number of carboxylic acid groups (broad SMARTS) is 1. The summed E-state index contributed by atoms with van der Waals surface area (Å²) in [6.07, 6.45) is 0.891. The molecule has 1 aromatic carbocycles. The predicted octanol–water partition coefficient (Wildman–Crippen LogP) is 3.25. The minimum absolute atomic E-state index is 0.0112. The van der Waals surface area contributed by atoms with Gasteiger partial charge in [-0.05, 0) is 37.2 Å². The van der Waals surface area contributed by atoms with Crippen LogP contribution in [0.1, 0.15) is 19.0 Å². The minimum Gasteiger partial charge on any atom is -0.480 e. The third-order valence-electron chi connectivity index (χ3n) is 2.93. The Labute approximate surface area is 126 Å². The highest BCUT2D eigenvalue weighted by atomic mass is 32.1. The normalized spacial score (nSPS) is 11.0. The van der Waals surface area contributed by atoms with Gasteiger partial charge in [0.05, 0.1) is 12.2 Å². The molecule has 0 amide bonds. The van der Waals surface area contributed by atoms with Crippen molar-refractivity contribution in [1.82, 2.24) is 9.88 Å². The number of hydrogen-bond donors (Lipinski definition) is 1. The van der Waals surface area contributed by atoms with E-state index in [2.05, 4.69) is 4.98 Å². The first-order valence-corrected chi connectivity index (χ1v) is 7.61. The number of carboxylic acids is 1. The van der Waals surface area contributed by atoms with Gasteiger partial charge in [-0.25, -0.2) is 9.37 Å². The molecule has 1 aromatic heterocycles. The Morgan fingerprint density at radius 3 is 2.71 bits per heavy atom. The average molecular weight is 308 g/mol. The summed E-state index contributed by atoms with van der Waals surface area (Å²) in [7, 11) is 0. The second-order valence-corrected chi connectivity index (χ2v) is 5.61. The maximum atomic E-state index is 12.9. The molecule has 0 spiro atoms. The molecule has 0 bridgehead atoms. The summed E-state index contributed by atoms with van der Waals surface area (Å²) in [5.74, 6) is -1.11. The standard InChI is InChI=1S/C15H17FN2O2S/c1-2-7-18(9-14(19)20)8-13-10-21-15(17-13)11-3-5-12(16)6-4-11/h3-6,10H,2,7-9H2,1H3,(H,19,20). The van der Waals surface area contributed by atoms with Crippen LogP contribution >= 0.6 is 11.3 Å². The quantitative estimate of drug-likeness (QED) is 0.853. The molecular formula is C15H17FN2O2S. The molecule has 0 aliphatic rings. The van der Waals surface area contributed by atoms with Crippen LogP contribution in [0.4, 0.5) is 4.39 Å². The van der Waals surface area contributed by atoms with Gasteiger partial charge in [0.15, 0.2) is 0 Å². The van der Waals surface area contributed by atoms with Gasteiger partial charge in [-0.1, -0.05) is 6.92 Å². The largest absolute Gasteiger partial charge is 0.480 e. The van der Waals surface area contributed by atoms with Crippen LogP contribution in [-0.4, -0.2) is 34.0 Å². The fraction of sp³-hybridized carbons (Fsp3) is 0.333. The van der Waals surface area contributed by atoms with E-state index in [1.807, 2.05) is 17.2 Å². The van der Waals surface area contributed by atoms with Crippen molar-refractivity contribution in [3.8, 4) is 10.6 Å². The van der Waals surface area contributed by atoms with Crippen molar-refractivity contribution in [2.24, 2.45) is 0 Å². The van der Waals surface area contributed by atoms with E-state index in [-0.39, 0.29) is 12.4 Å². The van der Waals surface area contributed by atoms with E-state index >= 15 is 0 Å². The molecular weight excluding hydrogens is 291 g/mol. The number of thiazole rings is 1. The van der Waals surface area contributed by atoms with Crippen molar-refractivity contribution in [3.05, 3.63) is 41.2 Å². The molecule has 1 heterocycles. The Morgan fingerprint density at radius 1 is 1.38 bits per heavy atom. The predicted molar refractivity (Wildman–Crippen MR) is 80.7 cm³/mol. The van der Waals surface area contributed by atoms with Gasteiger partial charge in [0.2, 0.25) is 0 Å². The number of nitrogens with zero attached hydrogens (tertiary/aromatic N) is 2. The van der Waals surface area contributed by atoms with Gasteiger partial charge in [0.25, 0.3) is 0 Å². The van der Waals surface area contributed by atoms with Crippen molar-refractivity contribution >= 4 is 17.3 Å². The molecule has 0 radical (unpaired) electrons. The first-order chi connectivity index (χ1) is 10.1. The van der Waals surface area contributed by atoms with Crippen molar-refractivity contribution in [2.75, 3.05) is 13.1 Å². The van der Waals surface area contributed by atoms with Gasteiger partial charge in [0.1, 0.15) is 10.8 Å². The topological polar surface area (TPSA) is 53.4 Å². The minimum atomic E-state index is -0.836. The second-order valence-electron chi connectivity index (χ2n) is 4.76. The molecule has 0 fully saturated rings. The van der Waals surface area contributed by atoms with Crippen LogP contribution in [0.5, 0.6) is 0 Å². The van der Waals surface area contributed by atoms with Crippen LogP contribution in [0.15, 0.2) is 29.6 Å². The maximum Gasteiger partial charge on any atom is 0.317 e. The summed E-state index contributed by atoms with van der Waals surface area (Å²) in [5, 5.41) is 11.6. The van der Waals surface area contributed by atoms with Gasteiger partial charge in [-0.3, -0.25) is 9.69 Å². The summed E-state index contributed by atoms with van der Waals surface area (Å²) in [6.45, 7) is 3.25. The number of hydrogen-bond acceptors (Lipinski definition) is 4. The van der Waals surface area contributed by atoms with Crippen LogP contribution in [0.2, 0.25) is 0 Å². The molecule has 2 aromatic rings. The van der Waals surface area contributed by atoms with E-state index in [1.165, 1.54) is 23.5 Å². The summed E-state index contributed by atoms with van der Waals surface area (Å²) in [6, 6.07) is 6.20. The second kappa shape index (κ2) is 7.28. The van der Waals surface area contributed by atoms with E-state index in [4.69, 9.17) is 5.11 Å². The Kier molecular flexibility index (Phi) is 5.41. The molecule has 0 aliphatic heterocycles. The van der Waals surface area contributed by atoms with Gasteiger partial charge in [-0.2, -0.15) is 0 Å². The Bertz CT molecular complexity index is 598. The molecule has 4 nitrogen and oxygen atoms in total. The van der Waals surface area contributed by atoms with E-state index in [0.29, 0.717) is 6.54 Å². The fourth-order valence-electron chi connectivity index (χ4n) is 2.06. The Morgan fingerprint density at radius 2 is 2.10 bits per heavy atom. The smallest absolute Gasteiger partial charge is 0.317 e. The molecule has 1 N–H and O–H groups in total. The summed E-state index contributed by atoms with van der Waals surface area (Å²) >= 11 is 1.48. The van der Waals surface area contributed by atoms with Crippen molar-refractivity contribution < 1.29 is 14.3 Å². The van der Waals surface area contributed by atoms with Gasteiger partial charge in [0, 0.05) is 17.5 Å². The highest BCUT2D eigenvalue weighted by Gasteiger charge is 2.12. The number of carbonyl (C=O) groups is 1. The van der Waals surface area contributed by atoms with Crippen molar-refractivity contribution in [2.45, 2.75) is 19.9 Å². The molecule has 0 atom stereocenters. The number of halogens is 1. The fourth-order valence-corrected chi connectivity index (χ4v) is 2.87. The molecule has 21 heavy (non-hydrogen) atoms. The van der Waals surface area contributed by atoms with Crippen molar-refractivity contribution in [3.63, 3.8) is 0 Å². The number of aliphatic carboxylic acids is 1. The number of aromatic nitrogens is 1. The molecule has 112 valence electrons. The molecule has 0 saturated carbocycles. The lowest BCUT2D eigenvalue weighted by molar-refractivity contribution is -0.138. The zero-order valence-corrected chi connectivity index (χ0v) is 12.6.